The number of carboxylic acids is 1. The topological polar surface area (TPSA) is 105 Å². The van der Waals surface area contributed by atoms with Gasteiger partial charge in [0.15, 0.2) is 0 Å². The Bertz CT molecular complexity index is 1310. The average Bonchev–Trinajstić information content (AvgIpc) is 2.79. The Morgan fingerprint density at radius 2 is 1.85 bits per heavy atom. The molecule has 1 atom stereocenters. The van der Waals surface area contributed by atoms with Gasteiger partial charge in [-0.2, -0.15) is 0 Å². The summed E-state index contributed by atoms with van der Waals surface area (Å²) in [6.07, 6.45) is 1.16. The quantitative estimate of drug-likeness (QED) is 0.344. The minimum absolute atomic E-state index is 0.122. The van der Waals surface area contributed by atoms with Crippen LogP contribution in [0.4, 0.5) is 4.39 Å². The molecule has 4 rings (SSSR count). The van der Waals surface area contributed by atoms with Gasteiger partial charge in [-0.15, -0.1) is 0 Å². The van der Waals surface area contributed by atoms with Crippen LogP contribution < -0.4 is 5.63 Å². The molecule has 7 nitrogen and oxygen atoms in total. The monoisotopic (exact) mass is 471 g/mol. The molecule has 0 bridgehead atoms. The van der Waals surface area contributed by atoms with Gasteiger partial charge >= 0.3 is 11.6 Å². The van der Waals surface area contributed by atoms with Crippen molar-refractivity contribution in [1.29, 1.82) is 0 Å². The van der Waals surface area contributed by atoms with Crippen LogP contribution >= 0.6 is 11.6 Å². The van der Waals surface area contributed by atoms with E-state index in [0.29, 0.717) is 41.2 Å². The molecule has 0 unspecified atom stereocenters. The van der Waals surface area contributed by atoms with Crippen LogP contribution in [0.15, 0.2) is 51.7 Å². The molecule has 2 heterocycles. The second kappa shape index (κ2) is 9.15. The zero-order valence-electron chi connectivity index (χ0n) is 17.3. The van der Waals surface area contributed by atoms with E-state index in [1.54, 1.807) is 12.1 Å². The summed E-state index contributed by atoms with van der Waals surface area (Å²) in [4.78, 5) is 49.6. The van der Waals surface area contributed by atoms with E-state index >= 15 is 0 Å². The fraction of sp³-hybridized carbons (Fsp3) is 0.250. The van der Waals surface area contributed by atoms with E-state index in [1.807, 2.05) is 0 Å². The molecule has 1 saturated heterocycles. The predicted octanol–water partition coefficient (Wildman–Crippen LogP) is 3.86. The Kier molecular flexibility index (Phi) is 6.29. The Labute approximate surface area is 192 Å². The standard InChI is InChI=1S/C24H19ClFNO6/c25-20-10-15(26)2-4-16(20)18-11-22(29)33-21-9-14(1-3-17(18)21)19(12-28)23(30)27-7-5-13(6-8-27)24(31)32/h1-4,9-13,19H,5-8H2,(H,31,32)/t19-/m0/s1. The minimum atomic E-state index is -1.13. The summed E-state index contributed by atoms with van der Waals surface area (Å²) in [5, 5.41) is 9.76. The van der Waals surface area contributed by atoms with Gasteiger partial charge in [0.2, 0.25) is 5.91 Å². The number of benzene rings is 2. The van der Waals surface area contributed by atoms with Crippen LogP contribution in [-0.4, -0.2) is 41.3 Å². The van der Waals surface area contributed by atoms with Crippen molar-refractivity contribution in [3.05, 3.63) is 69.3 Å². The maximum absolute atomic E-state index is 13.5. The van der Waals surface area contributed by atoms with Crippen molar-refractivity contribution in [2.24, 2.45) is 5.92 Å². The van der Waals surface area contributed by atoms with Crippen molar-refractivity contribution >= 4 is 40.7 Å². The first-order valence-electron chi connectivity index (χ1n) is 10.3. The van der Waals surface area contributed by atoms with Crippen molar-refractivity contribution in [3.8, 4) is 11.1 Å². The molecule has 1 aromatic heterocycles. The molecule has 170 valence electrons. The zero-order valence-corrected chi connectivity index (χ0v) is 18.0. The Morgan fingerprint density at radius 3 is 2.48 bits per heavy atom. The van der Waals surface area contributed by atoms with Gasteiger partial charge < -0.3 is 19.2 Å². The predicted molar refractivity (Wildman–Crippen MR) is 119 cm³/mol. The molecular weight excluding hydrogens is 453 g/mol. The zero-order chi connectivity index (χ0) is 23.7. The van der Waals surface area contributed by atoms with E-state index in [1.165, 1.54) is 29.2 Å². The summed E-state index contributed by atoms with van der Waals surface area (Å²) in [5.41, 5.74) is 0.698. The minimum Gasteiger partial charge on any atom is -0.481 e. The number of amides is 1. The molecule has 1 fully saturated rings. The van der Waals surface area contributed by atoms with Crippen LogP contribution in [0.5, 0.6) is 0 Å². The molecule has 3 aromatic rings. The highest BCUT2D eigenvalue weighted by molar-refractivity contribution is 6.33. The number of carbonyl (C=O) groups excluding carboxylic acids is 2. The molecule has 2 aromatic carbocycles. The summed E-state index contributed by atoms with van der Waals surface area (Å²) in [6.45, 7) is 0.492. The van der Waals surface area contributed by atoms with Gasteiger partial charge in [0.05, 0.1) is 10.9 Å². The normalized spacial score (nSPS) is 15.4. The van der Waals surface area contributed by atoms with Crippen LogP contribution in [0.1, 0.15) is 24.3 Å². The van der Waals surface area contributed by atoms with Crippen LogP contribution in [0.25, 0.3) is 22.1 Å². The van der Waals surface area contributed by atoms with E-state index in [2.05, 4.69) is 0 Å². The lowest BCUT2D eigenvalue weighted by molar-refractivity contribution is -0.146. The highest BCUT2D eigenvalue weighted by atomic mass is 35.5. The molecule has 0 radical (unpaired) electrons. The number of halogens is 2. The second-order valence-electron chi connectivity index (χ2n) is 7.91. The van der Waals surface area contributed by atoms with Crippen LogP contribution in [0.3, 0.4) is 0 Å². The summed E-state index contributed by atoms with van der Waals surface area (Å²) < 4.78 is 18.8. The number of carboxylic acid groups (broad SMARTS) is 1. The van der Waals surface area contributed by atoms with Gasteiger partial charge in [0.25, 0.3) is 0 Å². The lowest BCUT2D eigenvalue weighted by Gasteiger charge is -2.31. The lowest BCUT2D eigenvalue weighted by atomic mass is 9.93. The molecule has 1 aliphatic heterocycles. The van der Waals surface area contributed by atoms with E-state index in [0.717, 1.165) is 6.07 Å². The van der Waals surface area contributed by atoms with Crippen molar-refractivity contribution in [3.63, 3.8) is 0 Å². The van der Waals surface area contributed by atoms with Gasteiger partial charge in [-0.3, -0.25) is 9.59 Å². The Hall–Kier alpha value is -3.52. The van der Waals surface area contributed by atoms with Gasteiger partial charge in [-0.25, -0.2) is 9.18 Å². The third-order valence-electron chi connectivity index (χ3n) is 5.91. The smallest absolute Gasteiger partial charge is 0.336 e. The Morgan fingerprint density at radius 1 is 1.12 bits per heavy atom. The second-order valence-corrected chi connectivity index (χ2v) is 8.32. The van der Waals surface area contributed by atoms with Crippen molar-refractivity contribution in [2.75, 3.05) is 13.1 Å². The number of aldehydes is 1. The molecule has 0 aliphatic carbocycles. The number of nitrogens with zero attached hydrogens (tertiary/aromatic N) is 1. The first-order valence-corrected chi connectivity index (χ1v) is 10.7. The molecular formula is C24H19ClFNO6. The van der Waals surface area contributed by atoms with Crippen molar-refractivity contribution in [2.45, 2.75) is 18.8 Å². The number of piperidine rings is 1. The summed E-state index contributed by atoms with van der Waals surface area (Å²) in [5.74, 6) is -3.48. The molecule has 1 aliphatic rings. The molecule has 1 N–H and O–H groups in total. The number of hydrogen-bond acceptors (Lipinski definition) is 5. The molecule has 1 amide bonds. The highest BCUT2D eigenvalue weighted by Gasteiger charge is 2.31. The number of carbonyl (C=O) groups is 3. The van der Waals surface area contributed by atoms with Gasteiger partial charge in [0.1, 0.15) is 23.6 Å². The largest absolute Gasteiger partial charge is 0.481 e. The van der Waals surface area contributed by atoms with Crippen molar-refractivity contribution < 1.29 is 28.3 Å². The first-order chi connectivity index (χ1) is 15.8. The van der Waals surface area contributed by atoms with Gasteiger partial charge in [-0.1, -0.05) is 23.7 Å². The van der Waals surface area contributed by atoms with Crippen LogP contribution in [0.2, 0.25) is 5.02 Å². The van der Waals surface area contributed by atoms with E-state index in [-0.39, 0.29) is 23.7 Å². The fourth-order valence-electron chi connectivity index (χ4n) is 4.13. The Balaban J connectivity index is 1.68. The number of likely N-dealkylation sites (tertiary alicyclic amines) is 1. The summed E-state index contributed by atoms with van der Waals surface area (Å²) in [7, 11) is 0. The van der Waals surface area contributed by atoms with Crippen LogP contribution in [0, 0.1) is 11.7 Å². The first kappa shape index (κ1) is 22.7. The molecule has 0 spiro atoms. The molecule has 33 heavy (non-hydrogen) atoms. The van der Waals surface area contributed by atoms with Gasteiger partial charge in [0, 0.05) is 35.7 Å². The maximum atomic E-state index is 13.5. The average molecular weight is 472 g/mol. The molecule has 9 heteroatoms. The number of fused-ring (bicyclic) bond motifs is 1. The lowest BCUT2D eigenvalue weighted by Crippen LogP contribution is -2.42. The number of aliphatic carboxylic acids is 1. The molecule has 0 saturated carbocycles. The fourth-order valence-corrected chi connectivity index (χ4v) is 4.40. The third kappa shape index (κ3) is 4.52. The highest BCUT2D eigenvalue weighted by Crippen LogP contribution is 2.34. The SMILES string of the molecule is O=C[C@H](C(=O)N1CCC(C(=O)O)CC1)c1ccc2c(-c3ccc(F)cc3Cl)cc(=O)oc2c1. The van der Waals surface area contributed by atoms with E-state index in [9.17, 15) is 23.6 Å². The van der Waals surface area contributed by atoms with Gasteiger partial charge in [-0.05, 0) is 42.7 Å². The number of rotatable bonds is 5. The van der Waals surface area contributed by atoms with Crippen LogP contribution in [-0.2, 0) is 14.4 Å². The maximum Gasteiger partial charge on any atom is 0.336 e. The van der Waals surface area contributed by atoms with Crippen molar-refractivity contribution in [1.82, 2.24) is 4.90 Å². The number of hydrogen-bond donors (Lipinski definition) is 1. The van der Waals surface area contributed by atoms with E-state index in [4.69, 9.17) is 21.1 Å². The van der Waals surface area contributed by atoms with E-state index < -0.39 is 35.2 Å². The summed E-state index contributed by atoms with van der Waals surface area (Å²) >= 11 is 6.17. The summed E-state index contributed by atoms with van der Waals surface area (Å²) in [6, 6.07) is 9.73. The third-order valence-corrected chi connectivity index (χ3v) is 6.22.